The van der Waals surface area contributed by atoms with Gasteiger partial charge in [-0.3, -0.25) is 4.79 Å². The van der Waals surface area contributed by atoms with E-state index in [4.69, 9.17) is 9.47 Å². The predicted octanol–water partition coefficient (Wildman–Crippen LogP) is 3.50. The van der Waals surface area contributed by atoms with Crippen LogP contribution in [0.15, 0.2) is 52.7 Å². The van der Waals surface area contributed by atoms with Gasteiger partial charge in [-0.2, -0.15) is 0 Å². The van der Waals surface area contributed by atoms with Crippen molar-refractivity contribution < 1.29 is 22.7 Å². The van der Waals surface area contributed by atoms with Gasteiger partial charge in [-0.05, 0) is 42.8 Å². The van der Waals surface area contributed by atoms with E-state index in [0.29, 0.717) is 17.2 Å². The van der Waals surface area contributed by atoms with Gasteiger partial charge in [0, 0.05) is 25.0 Å². The number of ether oxygens (including phenoxy) is 2. The molecule has 0 aliphatic rings. The van der Waals surface area contributed by atoms with Crippen LogP contribution in [-0.2, 0) is 21.2 Å². The maximum absolute atomic E-state index is 12.6. The fourth-order valence-corrected chi connectivity index (χ4v) is 4.89. The van der Waals surface area contributed by atoms with Crippen molar-refractivity contribution in [3.05, 3.63) is 59.1 Å². The smallest absolute Gasteiger partial charge is 0.242 e. The summed E-state index contributed by atoms with van der Waals surface area (Å²) in [4.78, 5) is 17.3. The van der Waals surface area contributed by atoms with E-state index >= 15 is 0 Å². The Bertz CT molecular complexity index is 1220. The molecule has 0 bridgehead atoms. The molecule has 3 aromatic rings. The van der Waals surface area contributed by atoms with E-state index in [1.165, 1.54) is 25.4 Å². The fraction of sp³-hybridized carbons (Fsp3) is 0.304. The van der Waals surface area contributed by atoms with Gasteiger partial charge in [-0.15, -0.1) is 11.3 Å². The van der Waals surface area contributed by atoms with Crippen LogP contribution in [-0.4, -0.2) is 51.9 Å². The Kier molecular flexibility index (Phi) is 7.72. The number of hydrogen-bond acceptors (Lipinski definition) is 7. The highest BCUT2D eigenvalue weighted by molar-refractivity contribution is 7.89. The zero-order valence-electron chi connectivity index (χ0n) is 19.2. The SMILES string of the molecule is COc1ccc(-c2nc(CC(=O)NC(C)c3ccc(S(=O)(=O)N(C)C)cc3)cs2)cc1OC. The number of amides is 1. The number of nitrogens with one attached hydrogen (secondary N) is 1. The van der Waals surface area contributed by atoms with Crippen LogP contribution in [0, 0.1) is 0 Å². The summed E-state index contributed by atoms with van der Waals surface area (Å²) in [7, 11) is 2.65. The highest BCUT2D eigenvalue weighted by Gasteiger charge is 2.18. The minimum Gasteiger partial charge on any atom is -0.493 e. The molecule has 8 nitrogen and oxygen atoms in total. The van der Waals surface area contributed by atoms with Crippen molar-refractivity contribution >= 4 is 27.3 Å². The van der Waals surface area contributed by atoms with Gasteiger partial charge in [0.1, 0.15) is 5.01 Å². The molecule has 0 aliphatic carbocycles. The van der Waals surface area contributed by atoms with Crippen molar-refractivity contribution in [1.82, 2.24) is 14.6 Å². The third-order valence-corrected chi connectivity index (χ3v) is 7.83. The predicted molar refractivity (Wildman–Crippen MR) is 128 cm³/mol. The molecule has 1 atom stereocenters. The van der Waals surface area contributed by atoms with Crippen molar-refractivity contribution in [3.8, 4) is 22.1 Å². The fourth-order valence-electron chi connectivity index (χ4n) is 3.17. The molecule has 0 aliphatic heterocycles. The van der Waals surface area contributed by atoms with E-state index in [1.807, 2.05) is 30.5 Å². The van der Waals surface area contributed by atoms with Crippen LogP contribution < -0.4 is 14.8 Å². The van der Waals surface area contributed by atoms with E-state index in [1.54, 1.807) is 38.5 Å². The molecule has 176 valence electrons. The molecule has 0 fully saturated rings. The molecule has 1 amide bonds. The van der Waals surface area contributed by atoms with E-state index in [2.05, 4.69) is 10.3 Å². The number of hydrogen-bond donors (Lipinski definition) is 1. The van der Waals surface area contributed by atoms with Gasteiger partial charge in [0.05, 0.1) is 37.3 Å². The van der Waals surface area contributed by atoms with Crippen LogP contribution in [0.1, 0.15) is 24.2 Å². The number of carbonyl (C=O) groups excluding carboxylic acids is 1. The molecular weight excluding hydrogens is 462 g/mol. The number of aromatic nitrogens is 1. The van der Waals surface area contributed by atoms with Gasteiger partial charge in [-0.25, -0.2) is 17.7 Å². The van der Waals surface area contributed by atoms with Crippen molar-refractivity contribution in [1.29, 1.82) is 0 Å². The average Bonchev–Trinajstić information content (AvgIpc) is 3.26. The highest BCUT2D eigenvalue weighted by Crippen LogP contribution is 2.33. The third kappa shape index (κ3) is 5.70. The minimum atomic E-state index is -3.49. The summed E-state index contributed by atoms with van der Waals surface area (Å²) in [5, 5.41) is 5.58. The van der Waals surface area contributed by atoms with Crippen molar-refractivity contribution in [2.45, 2.75) is 24.3 Å². The first-order valence-electron chi connectivity index (χ1n) is 10.1. The maximum atomic E-state index is 12.6. The molecule has 0 saturated heterocycles. The summed E-state index contributed by atoms with van der Waals surface area (Å²) in [5.74, 6) is 1.08. The molecular formula is C23H27N3O5S2. The van der Waals surface area contributed by atoms with E-state index in [0.717, 1.165) is 20.4 Å². The van der Waals surface area contributed by atoms with Crippen molar-refractivity contribution in [3.63, 3.8) is 0 Å². The Morgan fingerprint density at radius 2 is 1.76 bits per heavy atom. The lowest BCUT2D eigenvalue weighted by atomic mass is 10.1. The largest absolute Gasteiger partial charge is 0.493 e. The molecule has 10 heteroatoms. The summed E-state index contributed by atoms with van der Waals surface area (Å²) in [6.45, 7) is 1.85. The molecule has 1 unspecified atom stereocenters. The number of thiazole rings is 1. The molecule has 1 heterocycles. The molecule has 0 spiro atoms. The van der Waals surface area contributed by atoms with Crippen LogP contribution in [0.2, 0.25) is 0 Å². The van der Waals surface area contributed by atoms with Crippen molar-refractivity contribution in [2.24, 2.45) is 0 Å². The summed E-state index contributed by atoms with van der Waals surface area (Å²) in [6, 6.07) is 11.8. The number of carbonyl (C=O) groups is 1. The second kappa shape index (κ2) is 10.3. The van der Waals surface area contributed by atoms with Crippen LogP contribution >= 0.6 is 11.3 Å². The lowest BCUT2D eigenvalue weighted by Crippen LogP contribution is -2.28. The third-order valence-electron chi connectivity index (χ3n) is 5.06. The van der Waals surface area contributed by atoms with Crippen LogP contribution in [0.5, 0.6) is 11.5 Å². The van der Waals surface area contributed by atoms with E-state index in [9.17, 15) is 13.2 Å². The van der Waals surface area contributed by atoms with E-state index < -0.39 is 10.0 Å². The summed E-state index contributed by atoms with van der Waals surface area (Å²) in [6.07, 6.45) is 0.140. The zero-order chi connectivity index (χ0) is 24.2. The van der Waals surface area contributed by atoms with Crippen LogP contribution in [0.4, 0.5) is 0 Å². The summed E-state index contributed by atoms with van der Waals surface area (Å²) < 4.78 is 36.2. The summed E-state index contributed by atoms with van der Waals surface area (Å²) >= 11 is 1.45. The first-order valence-corrected chi connectivity index (χ1v) is 12.5. The molecule has 1 N–H and O–H groups in total. The van der Waals surface area contributed by atoms with Gasteiger partial charge in [0.2, 0.25) is 15.9 Å². The van der Waals surface area contributed by atoms with Gasteiger partial charge in [-0.1, -0.05) is 12.1 Å². The Hall–Kier alpha value is -2.95. The standard InChI is InChI=1S/C23H27N3O5S2/c1-15(16-6-9-19(10-7-16)33(28,29)26(2)3)24-22(27)13-18-14-32-23(25-18)17-8-11-20(30-4)21(12-17)31-5/h6-12,14-15H,13H2,1-5H3,(H,24,27). The lowest BCUT2D eigenvalue weighted by Gasteiger charge is -2.16. The maximum Gasteiger partial charge on any atom is 0.242 e. The number of benzene rings is 2. The average molecular weight is 490 g/mol. The molecule has 3 rings (SSSR count). The quantitative estimate of drug-likeness (QED) is 0.494. The Balaban J connectivity index is 1.64. The normalized spacial score (nSPS) is 12.4. The van der Waals surface area contributed by atoms with E-state index in [-0.39, 0.29) is 23.3 Å². The number of nitrogens with zero attached hydrogens (tertiary/aromatic N) is 2. The number of sulfonamides is 1. The zero-order valence-corrected chi connectivity index (χ0v) is 20.8. The number of methoxy groups -OCH3 is 2. The number of rotatable bonds is 9. The second-order valence-corrected chi connectivity index (χ2v) is 10.5. The lowest BCUT2D eigenvalue weighted by molar-refractivity contribution is -0.121. The molecule has 1 aromatic heterocycles. The molecule has 33 heavy (non-hydrogen) atoms. The monoisotopic (exact) mass is 489 g/mol. The molecule has 0 saturated carbocycles. The van der Waals surface area contributed by atoms with Crippen LogP contribution in [0.25, 0.3) is 10.6 Å². The second-order valence-electron chi connectivity index (χ2n) is 7.54. The van der Waals surface area contributed by atoms with Gasteiger partial charge >= 0.3 is 0 Å². The molecule has 2 aromatic carbocycles. The van der Waals surface area contributed by atoms with Crippen molar-refractivity contribution in [2.75, 3.05) is 28.3 Å². The Morgan fingerprint density at radius 1 is 1.09 bits per heavy atom. The molecule has 0 radical (unpaired) electrons. The minimum absolute atomic E-state index is 0.140. The van der Waals surface area contributed by atoms with Crippen LogP contribution in [0.3, 0.4) is 0 Å². The topological polar surface area (TPSA) is 97.8 Å². The Morgan fingerprint density at radius 3 is 2.36 bits per heavy atom. The van der Waals surface area contributed by atoms with Gasteiger partial charge in [0.15, 0.2) is 11.5 Å². The first-order chi connectivity index (χ1) is 15.6. The van der Waals surface area contributed by atoms with Gasteiger partial charge in [0.25, 0.3) is 0 Å². The Labute approximate surface area is 198 Å². The first kappa shape index (κ1) is 24.7. The van der Waals surface area contributed by atoms with Gasteiger partial charge < -0.3 is 14.8 Å². The summed E-state index contributed by atoms with van der Waals surface area (Å²) in [5.41, 5.74) is 2.36. The highest BCUT2D eigenvalue weighted by atomic mass is 32.2.